The monoisotopic (exact) mass is 269 g/mol. The highest BCUT2D eigenvalue weighted by atomic mass is 79.9. The van der Waals surface area contributed by atoms with Gasteiger partial charge < -0.3 is 4.84 Å². The van der Waals surface area contributed by atoms with E-state index < -0.39 is 0 Å². The Kier molecular flexibility index (Phi) is 4.18. The highest BCUT2D eigenvalue weighted by Crippen LogP contribution is 2.17. The molecule has 0 bridgehead atoms. The van der Waals surface area contributed by atoms with E-state index in [-0.39, 0.29) is 0 Å². The summed E-state index contributed by atoms with van der Waals surface area (Å²) in [7, 11) is 0. The topological polar surface area (TPSA) is 21.3 Å². The molecular formula is C12H16BrNO. The molecule has 0 radical (unpaired) electrons. The third-order valence-electron chi connectivity index (χ3n) is 2.77. The van der Waals surface area contributed by atoms with Crippen LogP contribution in [0.5, 0.6) is 0 Å². The standard InChI is InChI=1S/C12H16BrNO/c13-12-5-3-10(4-6-12)8-11-2-1-7-15-14-9-11/h3-6,11,14H,1-2,7-9H2. The molecule has 0 aromatic heterocycles. The van der Waals surface area contributed by atoms with E-state index in [1.165, 1.54) is 12.0 Å². The SMILES string of the molecule is Brc1ccc(CC2CCCONC2)cc1. The summed E-state index contributed by atoms with van der Waals surface area (Å²) in [6, 6.07) is 8.59. The summed E-state index contributed by atoms with van der Waals surface area (Å²) < 4.78 is 1.15. The van der Waals surface area contributed by atoms with Crippen LogP contribution in [0.1, 0.15) is 18.4 Å². The van der Waals surface area contributed by atoms with Crippen LogP contribution in [0.3, 0.4) is 0 Å². The van der Waals surface area contributed by atoms with Crippen molar-refractivity contribution in [3.05, 3.63) is 34.3 Å². The molecule has 2 nitrogen and oxygen atoms in total. The molecule has 2 rings (SSSR count). The van der Waals surface area contributed by atoms with Crippen LogP contribution in [0.4, 0.5) is 0 Å². The fourth-order valence-corrected chi connectivity index (χ4v) is 2.19. The lowest BCUT2D eigenvalue weighted by molar-refractivity contribution is 0.0492. The van der Waals surface area contributed by atoms with Crippen LogP contribution in [0.2, 0.25) is 0 Å². The molecule has 1 aliphatic rings. The number of halogens is 1. The van der Waals surface area contributed by atoms with Crippen LogP contribution < -0.4 is 5.48 Å². The van der Waals surface area contributed by atoms with E-state index in [9.17, 15) is 0 Å². The van der Waals surface area contributed by atoms with Crippen molar-refractivity contribution in [2.75, 3.05) is 13.2 Å². The molecule has 1 aliphatic heterocycles. The summed E-state index contributed by atoms with van der Waals surface area (Å²) in [6.07, 6.45) is 3.56. The van der Waals surface area contributed by atoms with Crippen molar-refractivity contribution in [2.24, 2.45) is 5.92 Å². The van der Waals surface area contributed by atoms with E-state index >= 15 is 0 Å². The summed E-state index contributed by atoms with van der Waals surface area (Å²) >= 11 is 3.45. The Hall–Kier alpha value is -0.380. The lowest BCUT2D eigenvalue weighted by atomic mass is 9.95. The van der Waals surface area contributed by atoms with Gasteiger partial charge in [0.2, 0.25) is 0 Å². The van der Waals surface area contributed by atoms with Crippen LogP contribution in [-0.2, 0) is 11.3 Å². The Morgan fingerprint density at radius 2 is 2.13 bits per heavy atom. The molecule has 0 saturated carbocycles. The summed E-state index contributed by atoms with van der Waals surface area (Å²) in [5.74, 6) is 0.702. The fourth-order valence-electron chi connectivity index (χ4n) is 1.92. The number of hydrogen-bond donors (Lipinski definition) is 1. The first-order valence-electron chi connectivity index (χ1n) is 5.44. The van der Waals surface area contributed by atoms with Gasteiger partial charge in [-0.1, -0.05) is 28.1 Å². The highest BCUT2D eigenvalue weighted by molar-refractivity contribution is 9.10. The molecule has 0 spiro atoms. The summed E-state index contributed by atoms with van der Waals surface area (Å²) in [4.78, 5) is 5.22. The second-order valence-corrected chi connectivity index (χ2v) is 4.95. The molecule has 1 aromatic carbocycles. The largest absolute Gasteiger partial charge is 0.302 e. The second kappa shape index (κ2) is 5.64. The Balaban J connectivity index is 1.92. The lowest BCUT2D eigenvalue weighted by Gasteiger charge is -2.13. The summed E-state index contributed by atoms with van der Waals surface area (Å²) in [5, 5.41) is 0. The van der Waals surface area contributed by atoms with Crippen molar-refractivity contribution in [1.82, 2.24) is 5.48 Å². The maximum atomic E-state index is 5.22. The van der Waals surface area contributed by atoms with Crippen LogP contribution in [0, 0.1) is 5.92 Å². The molecule has 1 fully saturated rings. The minimum absolute atomic E-state index is 0.702. The third-order valence-corrected chi connectivity index (χ3v) is 3.30. The average molecular weight is 270 g/mol. The molecule has 1 unspecified atom stereocenters. The van der Waals surface area contributed by atoms with Gasteiger partial charge in [-0.15, -0.1) is 0 Å². The minimum Gasteiger partial charge on any atom is -0.302 e. The predicted octanol–water partition coefficient (Wildman–Crippen LogP) is 2.92. The van der Waals surface area contributed by atoms with E-state index in [0.29, 0.717) is 5.92 Å². The molecule has 1 N–H and O–H groups in total. The average Bonchev–Trinajstić information content (AvgIpc) is 2.50. The van der Waals surface area contributed by atoms with Gasteiger partial charge in [0.15, 0.2) is 0 Å². The highest BCUT2D eigenvalue weighted by Gasteiger charge is 2.12. The molecule has 1 aromatic rings. The normalized spacial score (nSPS) is 22.3. The predicted molar refractivity (Wildman–Crippen MR) is 64.5 cm³/mol. The first kappa shape index (κ1) is 11.1. The molecule has 1 saturated heterocycles. The Morgan fingerprint density at radius 1 is 1.33 bits per heavy atom. The van der Waals surface area contributed by atoms with Gasteiger partial charge in [-0.05, 0) is 42.9 Å². The first-order valence-corrected chi connectivity index (χ1v) is 6.23. The molecular weight excluding hydrogens is 254 g/mol. The molecule has 82 valence electrons. The minimum atomic E-state index is 0.702. The molecule has 15 heavy (non-hydrogen) atoms. The van der Waals surface area contributed by atoms with E-state index in [1.54, 1.807) is 0 Å². The molecule has 0 amide bonds. The van der Waals surface area contributed by atoms with Crippen LogP contribution >= 0.6 is 15.9 Å². The molecule has 1 heterocycles. The first-order chi connectivity index (χ1) is 7.34. The molecule has 1 atom stereocenters. The van der Waals surface area contributed by atoms with Gasteiger partial charge in [-0.3, -0.25) is 0 Å². The van der Waals surface area contributed by atoms with E-state index in [1.807, 2.05) is 0 Å². The van der Waals surface area contributed by atoms with Crippen LogP contribution in [0.25, 0.3) is 0 Å². The zero-order valence-corrected chi connectivity index (χ0v) is 10.3. The Morgan fingerprint density at radius 3 is 2.93 bits per heavy atom. The van der Waals surface area contributed by atoms with Gasteiger partial charge in [0.1, 0.15) is 0 Å². The third kappa shape index (κ3) is 3.59. The maximum absolute atomic E-state index is 5.22. The smallest absolute Gasteiger partial charge is 0.0682 e. The Labute approximate surface area is 99.1 Å². The van der Waals surface area contributed by atoms with E-state index in [4.69, 9.17) is 4.84 Å². The quantitative estimate of drug-likeness (QED) is 0.892. The van der Waals surface area contributed by atoms with E-state index in [2.05, 4.69) is 45.7 Å². The van der Waals surface area contributed by atoms with Gasteiger partial charge >= 0.3 is 0 Å². The van der Waals surface area contributed by atoms with Crippen molar-refractivity contribution >= 4 is 15.9 Å². The van der Waals surface area contributed by atoms with Crippen molar-refractivity contribution in [1.29, 1.82) is 0 Å². The zero-order valence-electron chi connectivity index (χ0n) is 8.71. The van der Waals surface area contributed by atoms with Gasteiger partial charge in [0, 0.05) is 11.0 Å². The summed E-state index contributed by atoms with van der Waals surface area (Å²) in [6.45, 7) is 1.81. The van der Waals surface area contributed by atoms with Crippen molar-refractivity contribution in [3.63, 3.8) is 0 Å². The maximum Gasteiger partial charge on any atom is 0.0682 e. The van der Waals surface area contributed by atoms with Crippen LogP contribution in [-0.4, -0.2) is 13.2 Å². The van der Waals surface area contributed by atoms with E-state index in [0.717, 1.165) is 30.5 Å². The van der Waals surface area contributed by atoms with Gasteiger partial charge in [0.05, 0.1) is 6.61 Å². The number of rotatable bonds is 2. The number of benzene rings is 1. The van der Waals surface area contributed by atoms with Crippen LogP contribution in [0.15, 0.2) is 28.7 Å². The van der Waals surface area contributed by atoms with Gasteiger partial charge in [-0.25, -0.2) is 5.48 Å². The molecule has 0 aliphatic carbocycles. The van der Waals surface area contributed by atoms with Gasteiger partial charge in [0.25, 0.3) is 0 Å². The summed E-state index contributed by atoms with van der Waals surface area (Å²) in [5.41, 5.74) is 4.43. The lowest BCUT2D eigenvalue weighted by Crippen LogP contribution is -2.21. The Bertz CT molecular complexity index is 291. The second-order valence-electron chi connectivity index (χ2n) is 4.04. The van der Waals surface area contributed by atoms with Crippen molar-refractivity contribution < 1.29 is 4.84 Å². The number of hydrogen-bond acceptors (Lipinski definition) is 2. The number of nitrogens with one attached hydrogen (secondary N) is 1. The zero-order chi connectivity index (χ0) is 10.5. The fraction of sp³-hybridized carbons (Fsp3) is 0.500. The number of hydroxylamine groups is 1. The van der Waals surface area contributed by atoms with Gasteiger partial charge in [-0.2, -0.15) is 0 Å². The van der Waals surface area contributed by atoms with Crippen molar-refractivity contribution in [2.45, 2.75) is 19.3 Å². The molecule has 3 heteroatoms. The van der Waals surface area contributed by atoms with Crippen molar-refractivity contribution in [3.8, 4) is 0 Å².